The Labute approximate surface area is 192 Å². The first kappa shape index (κ1) is 24.5. The minimum Gasteiger partial charge on any atom is -0.493 e. The highest BCUT2D eigenvalue weighted by Crippen LogP contribution is 2.29. The number of methoxy groups -OCH3 is 1. The lowest BCUT2D eigenvalue weighted by Gasteiger charge is -2.32. The third-order valence-corrected chi connectivity index (χ3v) is 6.04. The molecule has 1 saturated carbocycles. The van der Waals surface area contributed by atoms with Crippen molar-refractivity contribution in [2.24, 2.45) is 0 Å². The van der Waals surface area contributed by atoms with Crippen molar-refractivity contribution in [2.45, 2.75) is 56.9 Å². The minimum absolute atomic E-state index is 0.187. The maximum absolute atomic E-state index is 10.7. The number of likely N-dealkylation sites (N-methyl/N-ethyl adjacent to an activating group) is 1. The predicted octanol–water partition coefficient (Wildman–Crippen LogP) is 3.35. The van der Waals surface area contributed by atoms with Gasteiger partial charge in [-0.05, 0) is 43.1 Å². The van der Waals surface area contributed by atoms with Gasteiger partial charge in [0.2, 0.25) is 0 Å². The summed E-state index contributed by atoms with van der Waals surface area (Å²) >= 11 is 0. The molecule has 0 unspecified atom stereocenters. The fraction of sp³-hybridized carbons (Fsp3) is 0.538. The molecule has 32 heavy (non-hydrogen) atoms. The molecule has 6 heteroatoms. The summed E-state index contributed by atoms with van der Waals surface area (Å²) in [7, 11) is 3.60. The van der Waals surface area contributed by atoms with Gasteiger partial charge in [-0.2, -0.15) is 0 Å². The van der Waals surface area contributed by atoms with Crippen LogP contribution in [0.1, 0.15) is 43.2 Å². The van der Waals surface area contributed by atoms with E-state index < -0.39 is 11.7 Å². The van der Waals surface area contributed by atoms with Gasteiger partial charge in [-0.1, -0.05) is 55.7 Å². The average molecular weight is 443 g/mol. The number of nitrogens with one attached hydrogen (secondary N) is 1. The van der Waals surface area contributed by atoms with Crippen LogP contribution in [0.15, 0.2) is 48.5 Å². The van der Waals surface area contributed by atoms with Crippen molar-refractivity contribution >= 4 is 0 Å². The molecule has 0 amide bonds. The number of hydrogen-bond donors (Lipinski definition) is 3. The van der Waals surface area contributed by atoms with Crippen molar-refractivity contribution in [3.63, 3.8) is 0 Å². The molecule has 1 aliphatic rings. The van der Waals surface area contributed by atoms with Crippen molar-refractivity contribution in [2.75, 3.05) is 33.9 Å². The van der Waals surface area contributed by atoms with E-state index in [2.05, 4.69) is 22.3 Å². The highest BCUT2D eigenvalue weighted by atomic mass is 16.5. The Morgan fingerprint density at radius 2 is 1.78 bits per heavy atom. The zero-order valence-corrected chi connectivity index (χ0v) is 19.4. The van der Waals surface area contributed by atoms with Crippen LogP contribution in [0, 0.1) is 0 Å². The van der Waals surface area contributed by atoms with Crippen LogP contribution in [0.2, 0.25) is 0 Å². The summed E-state index contributed by atoms with van der Waals surface area (Å²) in [6, 6.07) is 16.0. The molecule has 0 aromatic heterocycles. The third-order valence-electron chi connectivity index (χ3n) is 6.04. The van der Waals surface area contributed by atoms with Crippen LogP contribution in [0.25, 0.3) is 0 Å². The van der Waals surface area contributed by atoms with Crippen molar-refractivity contribution < 1.29 is 19.7 Å². The molecule has 2 aromatic carbocycles. The molecular formula is C26H38N2O4. The molecule has 1 fully saturated rings. The summed E-state index contributed by atoms with van der Waals surface area (Å²) in [5.74, 6) is 1.26. The lowest BCUT2D eigenvalue weighted by molar-refractivity contribution is 0.00467. The molecule has 0 saturated heterocycles. The lowest BCUT2D eigenvalue weighted by atomic mass is 9.85. The highest BCUT2D eigenvalue weighted by Gasteiger charge is 2.28. The topological polar surface area (TPSA) is 74.2 Å². The maximum atomic E-state index is 10.7. The smallest absolute Gasteiger partial charge is 0.161 e. The minimum atomic E-state index is -0.615. The van der Waals surface area contributed by atoms with E-state index in [1.807, 2.05) is 43.4 Å². The van der Waals surface area contributed by atoms with Crippen LogP contribution in [0.3, 0.4) is 0 Å². The largest absolute Gasteiger partial charge is 0.493 e. The molecule has 1 atom stereocenters. The van der Waals surface area contributed by atoms with E-state index in [9.17, 15) is 10.2 Å². The van der Waals surface area contributed by atoms with Crippen LogP contribution in [-0.4, -0.2) is 60.7 Å². The van der Waals surface area contributed by atoms with Gasteiger partial charge in [0.1, 0.15) is 12.7 Å². The standard InChI is InChI=1S/C26H38N2O4/c1-28(17-21-9-5-3-6-10-21)18-23(29)19-32-25-15-22(11-12-24(25)31-2)16-27-20-26(30)13-7-4-8-14-26/h3,5-6,9-12,15,23,27,29-30H,4,7-8,13-14,16-20H2,1-2H3/t23-/m0/s1. The Hall–Kier alpha value is -2.12. The van der Waals surface area contributed by atoms with Crippen molar-refractivity contribution in [1.82, 2.24) is 10.2 Å². The summed E-state index contributed by atoms with van der Waals surface area (Å²) in [4.78, 5) is 2.08. The van der Waals surface area contributed by atoms with Gasteiger partial charge in [-0.25, -0.2) is 0 Å². The first-order chi connectivity index (χ1) is 15.5. The van der Waals surface area contributed by atoms with Crippen molar-refractivity contribution in [1.29, 1.82) is 0 Å². The molecule has 0 bridgehead atoms. The normalized spacial score (nSPS) is 16.7. The molecule has 0 aliphatic heterocycles. The molecule has 6 nitrogen and oxygen atoms in total. The first-order valence-corrected chi connectivity index (χ1v) is 11.6. The van der Waals surface area contributed by atoms with E-state index in [0.717, 1.165) is 37.8 Å². The number of hydrogen-bond acceptors (Lipinski definition) is 6. The molecule has 1 aliphatic carbocycles. The van der Waals surface area contributed by atoms with E-state index in [4.69, 9.17) is 9.47 Å². The van der Waals surface area contributed by atoms with E-state index >= 15 is 0 Å². The fourth-order valence-corrected chi connectivity index (χ4v) is 4.33. The Balaban J connectivity index is 1.48. The molecule has 0 radical (unpaired) electrons. The molecule has 0 heterocycles. The van der Waals surface area contributed by atoms with Crippen LogP contribution < -0.4 is 14.8 Å². The maximum Gasteiger partial charge on any atom is 0.161 e. The van der Waals surface area contributed by atoms with Crippen molar-refractivity contribution in [3.05, 3.63) is 59.7 Å². The van der Waals surface area contributed by atoms with Crippen LogP contribution in [0.4, 0.5) is 0 Å². The zero-order valence-electron chi connectivity index (χ0n) is 19.4. The number of rotatable bonds is 12. The molecular weight excluding hydrogens is 404 g/mol. The fourth-order valence-electron chi connectivity index (χ4n) is 4.33. The summed E-state index contributed by atoms with van der Waals surface area (Å²) in [5, 5.41) is 24.5. The van der Waals surface area contributed by atoms with E-state index in [1.165, 1.54) is 12.0 Å². The van der Waals surface area contributed by atoms with Gasteiger partial charge in [0, 0.05) is 26.2 Å². The van der Waals surface area contributed by atoms with E-state index in [1.54, 1.807) is 7.11 Å². The summed E-state index contributed by atoms with van der Waals surface area (Å²) in [6.45, 7) is 2.71. The molecule has 3 N–H and O–H groups in total. The number of aliphatic hydroxyl groups excluding tert-OH is 1. The van der Waals surface area contributed by atoms with Crippen LogP contribution in [0.5, 0.6) is 11.5 Å². The van der Waals surface area contributed by atoms with Crippen LogP contribution in [-0.2, 0) is 13.1 Å². The monoisotopic (exact) mass is 442 g/mol. The second kappa shape index (κ2) is 12.2. The number of ether oxygens (including phenoxy) is 2. The Kier molecular flexibility index (Phi) is 9.36. The Morgan fingerprint density at radius 3 is 2.50 bits per heavy atom. The zero-order chi connectivity index (χ0) is 22.8. The molecule has 176 valence electrons. The van der Waals surface area contributed by atoms with Gasteiger partial charge in [-0.3, -0.25) is 4.90 Å². The lowest BCUT2D eigenvalue weighted by Crippen LogP contribution is -2.41. The third kappa shape index (κ3) is 7.78. The van der Waals surface area contributed by atoms with Gasteiger partial charge in [0.15, 0.2) is 11.5 Å². The summed E-state index contributed by atoms with van der Waals surface area (Å²) < 4.78 is 11.3. The van der Waals surface area contributed by atoms with Gasteiger partial charge in [-0.15, -0.1) is 0 Å². The summed E-state index contributed by atoms with van der Waals surface area (Å²) in [5.41, 5.74) is 1.68. The van der Waals surface area contributed by atoms with Gasteiger partial charge in [0.25, 0.3) is 0 Å². The predicted molar refractivity (Wildman–Crippen MR) is 127 cm³/mol. The Morgan fingerprint density at radius 1 is 1.03 bits per heavy atom. The second-order valence-electron chi connectivity index (χ2n) is 9.02. The molecule has 3 rings (SSSR count). The average Bonchev–Trinajstić information content (AvgIpc) is 2.79. The van der Waals surface area contributed by atoms with E-state index in [0.29, 0.717) is 31.1 Å². The van der Waals surface area contributed by atoms with Crippen LogP contribution >= 0.6 is 0 Å². The molecule has 2 aromatic rings. The SMILES string of the molecule is COc1ccc(CNCC2(O)CCCCC2)cc1OC[C@@H](O)CN(C)Cc1ccccc1. The number of aliphatic hydroxyl groups is 2. The second-order valence-corrected chi connectivity index (χ2v) is 9.02. The highest BCUT2D eigenvalue weighted by molar-refractivity contribution is 5.43. The number of benzene rings is 2. The van der Waals surface area contributed by atoms with Gasteiger partial charge in [0.05, 0.1) is 12.7 Å². The quantitative estimate of drug-likeness (QED) is 0.468. The van der Waals surface area contributed by atoms with Gasteiger partial charge < -0.3 is 25.0 Å². The van der Waals surface area contributed by atoms with Gasteiger partial charge >= 0.3 is 0 Å². The van der Waals surface area contributed by atoms with Crippen molar-refractivity contribution in [3.8, 4) is 11.5 Å². The summed E-state index contributed by atoms with van der Waals surface area (Å²) in [6.07, 6.45) is 4.54. The first-order valence-electron chi connectivity index (χ1n) is 11.6. The number of nitrogens with zero attached hydrogens (tertiary/aromatic N) is 1. The molecule has 0 spiro atoms. The van der Waals surface area contributed by atoms with E-state index in [-0.39, 0.29) is 6.61 Å². The Bertz CT molecular complexity index is 809.